The average Bonchev–Trinajstić information content (AvgIpc) is 3.54. The number of carboxylic acid groups (broad SMARTS) is 1. The topological polar surface area (TPSA) is 145 Å². The van der Waals surface area contributed by atoms with E-state index in [1.165, 1.54) is 54.5 Å². The summed E-state index contributed by atoms with van der Waals surface area (Å²) >= 11 is 6.42. The molecule has 6 rings (SSSR count). The van der Waals surface area contributed by atoms with Crippen molar-refractivity contribution >= 4 is 45.1 Å². The van der Waals surface area contributed by atoms with E-state index >= 15 is 4.79 Å². The normalized spacial score (nSPS) is 23.1. The lowest BCUT2D eigenvalue weighted by atomic mass is 9.81. The van der Waals surface area contributed by atoms with Crippen LogP contribution in [-0.4, -0.2) is 84.7 Å². The number of anilines is 1. The number of methoxy groups -OCH3 is 1. The number of para-hydroxylation sites is 1. The molecule has 3 aliphatic rings. The number of aliphatic carboxylic acids is 1. The Morgan fingerprint density at radius 1 is 1.04 bits per heavy atom. The molecule has 2 N–H and O–H groups in total. The van der Waals surface area contributed by atoms with Crippen LogP contribution in [0.15, 0.2) is 65.6 Å². The number of nitrogens with zero attached hydrogens (tertiary/aromatic N) is 3. The fourth-order valence-electron chi connectivity index (χ4n) is 6.79. The highest BCUT2D eigenvalue weighted by Crippen LogP contribution is 2.54. The first-order chi connectivity index (χ1) is 22.1. The third-order valence-electron chi connectivity index (χ3n) is 8.81. The van der Waals surface area contributed by atoms with E-state index in [2.05, 4.69) is 0 Å². The van der Waals surface area contributed by atoms with Crippen LogP contribution >= 0.6 is 11.6 Å². The number of rotatable bonds is 6. The summed E-state index contributed by atoms with van der Waals surface area (Å²) in [7, 11) is -3.53. The number of hydrogen-bond acceptors (Lipinski definition) is 8. The quantitative estimate of drug-likeness (QED) is 0.398. The summed E-state index contributed by atoms with van der Waals surface area (Å²) in [6, 6.07) is 12.5. The summed E-state index contributed by atoms with van der Waals surface area (Å²) in [6.07, 6.45) is -6.52. The molecular weight excluding hydrogens is 667 g/mol. The number of carboxylic acids is 1. The molecule has 3 aliphatic heterocycles. The van der Waals surface area contributed by atoms with Gasteiger partial charge >= 0.3 is 18.1 Å². The maximum absolute atomic E-state index is 15.0. The summed E-state index contributed by atoms with van der Waals surface area (Å²) in [4.78, 5) is 40.9. The lowest BCUT2D eigenvalue weighted by Gasteiger charge is -2.40. The lowest BCUT2D eigenvalue weighted by molar-refractivity contribution is -0.186. The predicted octanol–water partition coefficient (Wildman–Crippen LogP) is 3.29. The number of sulfonamides is 1. The first-order valence-corrected chi connectivity index (χ1v) is 16.1. The maximum atomic E-state index is 15.0. The number of hydrogen-bond donors (Lipinski definition) is 2. The first kappa shape index (κ1) is 32.7. The number of halogens is 4. The van der Waals surface area contributed by atoms with Gasteiger partial charge in [0.1, 0.15) is 11.8 Å². The Hall–Kier alpha value is -4.18. The molecule has 248 valence electrons. The zero-order valence-electron chi connectivity index (χ0n) is 24.6. The largest absolute Gasteiger partial charge is 0.496 e. The third-order valence-corrected chi connectivity index (χ3v) is 10.7. The molecule has 47 heavy (non-hydrogen) atoms. The Morgan fingerprint density at radius 2 is 1.77 bits per heavy atom. The second kappa shape index (κ2) is 11.5. The van der Waals surface area contributed by atoms with Crippen molar-refractivity contribution in [3.8, 4) is 5.75 Å². The Bertz CT molecular complexity index is 1920. The van der Waals surface area contributed by atoms with Gasteiger partial charge in [-0.15, -0.1) is 0 Å². The molecule has 11 nitrogen and oxygen atoms in total. The van der Waals surface area contributed by atoms with Gasteiger partial charge in [0, 0.05) is 42.2 Å². The Kier molecular flexibility index (Phi) is 8.02. The smallest absolute Gasteiger partial charge is 0.471 e. The van der Waals surface area contributed by atoms with Gasteiger partial charge in [-0.2, -0.15) is 13.2 Å². The van der Waals surface area contributed by atoms with E-state index in [9.17, 15) is 41.4 Å². The minimum absolute atomic E-state index is 0.0170. The number of carbonyl (C=O) groups is 3. The summed E-state index contributed by atoms with van der Waals surface area (Å²) in [5.41, 5.74) is -1.52. The van der Waals surface area contributed by atoms with E-state index in [1.807, 2.05) is 0 Å². The Labute approximate surface area is 271 Å². The van der Waals surface area contributed by atoms with Crippen molar-refractivity contribution in [3.05, 3.63) is 87.9 Å². The first-order valence-electron chi connectivity index (χ1n) is 14.3. The van der Waals surface area contributed by atoms with Gasteiger partial charge in [0.15, 0.2) is 5.54 Å². The van der Waals surface area contributed by atoms with Crippen molar-refractivity contribution in [2.75, 3.05) is 24.5 Å². The molecule has 0 bridgehead atoms. The molecule has 2 amide bonds. The van der Waals surface area contributed by atoms with Gasteiger partial charge in [-0.05, 0) is 53.9 Å². The Morgan fingerprint density at radius 3 is 2.45 bits per heavy atom. The molecule has 1 unspecified atom stereocenters. The molecule has 0 spiro atoms. The molecule has 3 heterocycles. The van der Waals surface area contributed by atoms with E-state index in [1.54, 1.807) is 12.1 Å². The van der Waals surface area contributed by atoms with Gasteiger partial charge in [0.2, 0.25) is 0 Å². The van der Waals surface area contributed by atoms with Crippen LogP contribution in [-0.2, 0) is 42.9 Å². The van der Waals surface area contributed by atoms with Crippen LogP contribution in [0.1, 0.15) is 28.7 Å². The van der Waals surface area contributed by atoms with Crippen molar-refractivity contribution in [1.29, 1.82) is 0 Å². The zero-order valence-corrected chi connectivity index (χ0v) is 26.1. The highest BCUT2D eigenvalue weighted by molar-refractivity contribution is 7.93. The summed E-state index contributed by atoms with van der Waals surface area (Å²) < 4.78 is 74.7. The number of carbonyl (C=O) groups excluding carboxylic acids is 2. The van der Waals surface area contributed by atoms with Crippen molar-refractivity contribution in [3.63, 3.8) is 0 Å². The third kappa shape index (κ3) is 5.12. The van der Waals surface area contributed by atoms with Gasteiger partial charge in [0.25, 0.3) is 15.9 Å². The number of aliphatic hydroxyl groups is 1. The van der Waals surface area contributed by atoms with E-state index in [4.69, 9.17) is 16.3 Å². The molecular formula is C31H27ClF3N3O8S. The van der Waals surface area contributed by atoms with Crippen LogP contribution in [0.4, 0.5) is 18.9 Å². The monoisotopic (exact) mass is 693 g/mol. The lowest BCUT2D eigenvalue weighted by Crippen LogP contribution is -2.58. The number of β-amino-alcohol motifs (C(OH)–C–C–N with tert-alkyl or cyclic N) is 1. The van der Waals surface area contributed by atoms with Crippen LogP contribution in [0.2, 0.25) is 5.02 Å². The second-order valence-electron chi connectivity index (χ2n) is 11.4. The molecule has 16 heteroatoms. The van der Waals surface area contributed by atoms with Crippen molar-refractivity contribution in [2.45, 2.75) is 48.1 Å². The van der Waals surface area contributed by atoms with E-state index in [0.29, 0.717) is 14.8 Å². The minimum Gasteiger partial charge on any atom is -0.496 e. The van der Waals surface area contributed by atoms with Crippen LogP contribution < -0.4 is 9.04 Å². The molecule has 1 saturated heterocycles. The van der Waals surface area contributed by atoms with Crippen LogP contribution in [0.5, 0.6) is 5.75 Å². The molecule has 0 aliphatic carbocycles. The predicted molar refractivity (Wildman–Crippen MR) is 160 cm³/mol. The average molecular weight is 694 g/mol. The van der Waals surface area contributed by atoms with Gasteiger partial charge in [-0.1, -0.05) is 35.9 Å². The van der Waals surface area contributed by atoms with E-state index in [-0.39, 0.29) is 59.1 Å². The minimum atomic E-state index is -5.12. The van der Waals surface area contributed by atoms with Gasteiger partial charge in [-0.25, -0.2) is 12.7 Å². The number of alkyl halides is 3. The number of aliphatic hydroxyl groups excluding tert-OH is 1. The van der Waals surface area contributed by atoms with Crippen LogP contribution in [0.25, 0.3) is 0 Å². The van der Waals surface area contributed by atoms with Crippen LogP contribution in [0.3, 0.4) is 0 Å². The number of amides is 2. The van der Waals surface area contributed by atoms with Crippen molar-refractivity contribution in [2.24, 2.45) is 0 Å². The molecule has 0 saturated carbocycles. The fraction of sp³-hybridized carbons (Fsp3) is 0.323. The van der Waals surface area contributed by atoms with Crippen molar-refractivity contribution in [1.82, 2.24) is 9.80 Å². The maximum Gasteiger partial charge on any atom is 0.471 e. The SMILES string of the molecule is COc1ccccc1C1(N2C[C@H](O)C[C@H]2C(=O)O)C(=O)N(S(=O)(=O)c2ccc3c(c2)CN(C(=O)C(F)(F)F)CC3)c2ccc(Cl)cc21. The van der Waals surface area contributed by atoms with Gasteiger partial charge in [0.05, 0.1) is 23.8 Å². The zero-order chi connectivity index (χ0) is 34.1. The number of benzene rings is 3. The summed E-state index contributed by atoms with van der Waals surface area (Å²) in [5, 5.41) is 21.0. The molecule has 0 radical (unpaired) electrons. The Balaban J connectivity index is 1.55. The van der Waals surface area contributed by atoms with Crippen LogP contribution in [0, 0.1) is 0 Å². The number of likely N-dealkylation sites (tertiary alicyclic amines) is 1. The van der Waals surface area contributed by atoms with Gasteiger partial charge in [-0.3, -0.25) is 19.3 Å². The molecule has 3 atom stereocenters. The highest BCUT2D eigenvalue weighted by atomic mass is 35.5. The van der Waals surface area contributed by atoms with E-state index in [0.717, 1.165) is 6.07 Å². The summed E-state index contributed by atoms with van der Waals surface area (Å²) in [6.45, 7) is -1.05. The number of ether oxygens (including phenoxy) is 1. The van der Waals surface area contributed by atoms with Gasteiger partial charge < -0.3 is 19.8 Å². The molecule has 3 aromatic carbocycles. The summed E-state index contributed by atoms with van der Waals surface area (Å²) in [5.74, 6) is -4.40. The number of fused-ring (bicyclic) bond motifs is 2. The molecule has 0 aromatic heterocycles. The molecule has 1 fully saturated rings. The standard InChI is InChI=1S/C31H27ClF3N3O8S/c1-46-26-5-3-2-4-22(26)30(37-16-20(39)14-25(37)27(40)41)23-13-19(32)7-9-24(23)38(28(30)42)47(44,45)21-8-6-17-10-11-36(15-18(17)12-21)29(43)31(33,34)35/h2-9,12-13,20,25,39H,10-11,14-16H2,1H3,(H,40,41)/t20-,25+,30?/m1/s1. The molecule has 3 aromatic rings. The van der Waals surface area contributed by atoms with E-state index < -0.39 is 63.1 Å². The highest BCUT2D eigenvalue weighted by Gasteiger charge is 2.64. The fourth-order valence-corrected chi connectivity index (χ4v) is 8.47. The van der Waals surface area contributed by atoms with Crippen molar-refractivity contribution < 1.29 is 50.9 Å². The second-order valence-corrected chi connectivity index (χ2v) is 13.7.